The highest BCUT2D eigenvalue weighted by atomic mass is 32.2. The van der Waals surface area contributed by atoms with E-state index in [2.05, 4.69) is 0 Å². The summed E-state index contributed by atoms with van der Waals surface area (Å²) in [5, 5.41) is 0. The number of sulfonamides is 1. The van der Waals surface area contributed by atoms with E-state index < -0.39 is 63.2 Å². The quantitative estimate of drug-likeness (QED) is 0.729. The van der Waals surface area contributed by atoms with Gasteiger partial charge < -0.3 is 5.73 Å². The minimum atomic E-state index is -5.00. The Labute approximate surface area is 139 Å². The van der Waals surface area contributed by atoms with Gasteiger partial charge in [0.2, 0.25) is 15.9 Å². The van der Waals surface area contributed by atoms with Gasteiger partial charge in [-0.15, -0.1) is 0 Å². The van der Waals surface area contributed by atoms with Crippen LogP contribution >= 0.6 is 0 Å². The first-order valence-corrected chi connectivity index (χ1v) is 8.33. The molecule has 1 amide bonds. The molecule has 0 aromatic heterocycles. The van der Waals surface area contributed by atoms with Gasteiger partial charge in [0.25, 0.3) is 0 Å². The highest BCUT2D eigenvalue weighted by molar-refractivity contribution is 7.89. The zero-order valence-corrected chi connectivity index (χ0v) is 13.5. The SMILES string of the molecule is C[C@@H](CS(=O)(=O)NCC(F)(F)F)c1cccc(C(N)=O)c1C(F)(F)F. The fourth-order valence-corrected chi connectivity index (χ4v) is 3.51. The lowest BCUT2D eigenvalue weighted by Crippen LogP contribution is -2.36. The number of alkyl halides is 6. The molecule has 0 heterocycles. The summed E-state index contributed by atoms with van der Waals surface area (Å²) in [6, 6.07) is 2.86. The molecule has 1 aromatic carbocycles. The molecule has 0 aliphatic carbocycles. The second kappa shape index (κ2) is 7.20. The van der Waals surface area contributed by atoms with Crippen LogP contribution in [0.3, 0.4) is 0 Å². The van der Waals surface area contributed by atoms with E-state index in [-0.39, 0.29) is 0 Å². The molecule has 12 heteroatoms. The molecule has 1 atom stereocenters. The van der Waals surface area contributed by atoms with Gasteiger partial charge in [-0.1, -0.05) is 19.1 Å². The molecule has 0 spiro atoms. The van der Waals surface area contributed by atoms with Crippen LogP contribution in [-0.4, -0.2) is 32.8 Å². The Kier molecular flexibility index (Phi) is 6.11. The van der Waals surface area contributed by atoms with Crippen LogP contribution in [0.2, 0.25) is 0 Å². The van der Waals surface area contributed by atoms with Crippen molar-refractivity contribution in [2.45, 2.75) is 25.2 Å². The predicted octanol–water partition coefficient (Wildman–Crippen LogP) is 2.39. The number of amides is 1. The summed E-state index contributed by atoms with van der Waals surface area (Å²) in [5.41, 5.74) is 2.10. The van der Waals surface area contributed by atoms with E-state index in [1.165, 1.54) is 4.72 Å². The normalized spacial score (nSPS) is 14.4. The zero-order valence-electron chi connectivity index (χ0n) is 12.7. The van der Waals surface area contributed by atoms with Gasteiger partial charge in [-0.3, -0.25) is 4.79 Å². The monoisotopic (exact) mass is 392 g/mol. The number of halogens is 6. The zero-order chi connectivity index (χ0) is 19.6. The molecule has 0 saturated carbocycles. The Hall–Kier alpha value is -1.82. The number of hydrogen-bond donors (Lipinski definition) is 2. The van der Waals surface area contributed by atoms with Gasteiger partial charge in [-0.05, 0) is 17.5 Å². The largest absolute Gasteiger partial charge is 0.417 e. The average molecular weight is 392 g/mol. The van der Waals surface area contributed by atoms with Crippen molar-refractivity contribution in [3.05, 3.63) is 34.9 Å². The van der Waals surface area contributed by atoms with E-state index in [4.69, 9.17) is 5.73 Å². The van der Waals surface area contributed by atoms with Gasteiger partial charge in [0, 0.05) is 0 Å². The molecule has 0 bridgehead atoms. The summed E-state index contributed by atoms with van der Waals surface area (Å²) in [4.78, 5) is 11.2. The first-order chi connectivity index (χ1) is 11.1. The Bertz CT molecular complexity index is 743. The topological polar surface area (TPSA) is 89.3 Å². The van der Waals surface area contributed by atoms with E-state index >= 15 is 0 Å². The summed E-state index contributed by atoms with van der Waals surface area (Å²) < 4.78 is 101. The maximum absolute atomic E-state index is 13.2. The fourth-order valence-electron chi connectivity index (χ4n) is 2.17. The van der Waals surface area contributed by atoms with Crippen LogP contribution in [0.4, 0.5) is 26.3 Å². The van der Waals surface area contributed by atoms with Crippen LogP contribution < -0.4 is 10.5 Å². The molecular formula is C13H14F6N2O3S. The first kappa shape index (κ1) is 21.2. The standard InChI is InChI=1S/C13H14F6N2O3S/c1-7(5-25(23,24)21-6-12(14,15)16)8-3-2-4-9(11(20)22)10(8)13(17,18)19/h2-4,7,21H,5-6H2,1H3,(H2,20,22)/t7-/m0/s1. The fraction of sp³-hybridized carbons (Fsp3) is 0.462. The van der Waals surface area contributed by atoms with Gasteiger partial charge in [0.15, 0.2) is 0 Å². The molecule has 5 nitrogen and oxygen atoms in total. The summed E-state index contributed by atoms with van der Waals surface area (Å²) >= 11 is 0. The minimum absolute atomic E-state index is 0.554. The van der Waals surface area contributed by atoms with E-state index in [9.17, 15) is 39.6 Å². The van der Waals surface area contributed by atoms with Gasteiger partial charge in [-0.2, -0.15) is 26.3 Å². The molecule has 1 rings (SSSR count). The number of carbonyl (C=O) groups excluding carboxylic acids is 1. The Balaban J connectivity index is 3.20. The molecule has 1 aromatic rings. The number of hydrogen-bond acceptors (Lipinski definition) is 3. The molecule has 25 heavy (non-hydrogen) atoms. The van der Waals surface area contributed by atoms with Gasteiger partial charge >= 0.3 is 12.4 Å². The van der Waals surface area contributed by atoms with Crippen molar-refractivity contribution in [1.29, 1.82) is 0 Å². The van der Waals surface area contributed by atoms with Crippen LogP contribution in [-0.2, 0) is 16.2 Å². The number of nitrogens with two attached hydrogens (primary N) is 1. The van der Waals surface area contributed by atoms with E-state index in [1.54, 1.807) is 0 Å². The van der Waals surface area contributed by atoms with Crippen molar-refractivity contribution in [3.8, 4) is 0 Å². The summed E-state index contributed by atoms with van der Waals surface area (Å²) in [6.45, 7) is -0.752. The maximum Gasteiger partial charge on any atom is 0.417 e. The van der Waals surface area contributed by atoms with Crippen molar-refractivity contribution in [1.82, 2.24) is 4.72 Å². The van der Waals surface area contributed by atoms with Crippen LogP contribution in [0.15, 0.2) is 18.2 Å². The number of primary amides is 1. The molecule has 0 aliphatic rings. The average Bonchev–Trinajstić information content (AvgIpc) is 2.42. The Morgan fingerprint density at radius 2 is 1.76 bits per heavy atom. The third kappa shape index (κ3) is 6.20. The van der Waals surface area contributed by atoms with E-state index in [1.807, 2.05) is 0 Å². The lowest BCUT2D eigenvalue weighted by molar-refractivity contribution is -0.138. The van der Waals surface area contributed by atoms with Crippen molar-refractivity contribution >= 4 is 15.9 Å². The van der Waals surface area contributed by atoms with Crippen LogP contribution in [0.1, 0.15) is 34.3 Å². The molecule has 0 fully saturated rings. The molecular weight excluding hydrogens is 378 g/mol. The van der Waals surface area contributed by atoms with Gasteiger partial charge in [0.05, 0.1) is 16.9 Å². The third-order valence-electron chi connectivity index (χ3n) is 3.14. The third-order valence-corrected chi connectivity index (χ3v) is 4.66. The molecule has 142 valence electrons. The smallest absolute Gasteiger partial charge is 0.366 e. The minimum Gasteiger partial charge on any atom is -0.366 e. The van der Waals surface area contributed by atoms with Crippen LogP contribution in [0.25, 0.3) is 0 Å². The molecule has 0 radical (unpaired) electrons. The number of carbonyl (C=O) groups is 1. The van der Waals surface area contributed by atoms with E-state index in [0.29, 0.717) is 0 Å². The summed E-state index contributed by atoms with van der Waals surface area (Å²) in [6.07, 6.45) is -9.81. The highest BCUT2D eigenvalue weighted by Crippen LogP contribution is 2.38. The first-order valence-electron chi connectivity index (χ1n) is 6.68. The lowest BCUT2D eigenvalue weighted by Gasteiger charge is -2.20. The van der Waals surface area contributed by atoms with Crippen molar-refractivity contribution in [2.24, 2.45) is 5.73 Å². The molecule has 0 saturated heterocycles. The van der Waals surface area contributed by atoms with Crippen molar-refractivity contribution in [3.63, 3.8) is 0 Å². The van der Waals surface area contributed by atoms with E-state index in [0.717, 1.165) is 25.1 Å². The number of rotatable bonds is 6. The van der Waals surface area contributed by atoms with Crippen LogP contribution in [0.5, 0.6) is 0 Å². The Morgan fingerprint density at radius 1 is 1.20 bits per heavy atom. The molecule has 3 N–H and O–H groups in total. The number of benzene rings is 1. The summed E-state index contributed by atoms with van der Waals surface area (Å²) in [5.74, 6) is -3.74. The molecule has 0 aliphatic heterocycles. The maximum atomic E-state index is 13.2. The Morgan fingerprint density at radius 3 is 2.20 bits per heavy atom. The van der Waals surface area contributed by atoms with Crippen LogP contribution in [0, 0.1) is 0 Å². The summed E-state index contributed by atoms with van der Waals surface area (Å²) in [7, 11) is -4.51. The van der Waals surface area contributed by atoms with Crippen molar-refractivity contribution < 1.29 is 39.6 Å². The van der Waals surface area contributed by atoms with Gasteiger partial charge in [0.1, 0.15) is 6.54 Å². The predicted molar refractivity (Wildman–Crippen MR) is 76.2 cm³/mol. The lowest BCUT2D eigenvalue weighted by atomic mass is 9.92. The second-order valence-electron chi connectivity index (χ2n) is 5.25. The second-order valence-corrected chi connectivity index (χ2v) is 7.10. The van der Waals surface area contributed by atoms with Gasteiger partial charge in [-0.25, -0.2) is 13.1 Å². The number of nitrogens with one attached hydrogen (secondary N) is 1. The van der Waals surface area contributed by atoms with Crippen molar-refractivity contribution in [2.75, 3.05) is 12.3 Å². The molecule has 0 unspecified atom stereocenters. The highest BCUT2D eigenvalue weighted by Gasteiger charge is 2.39.